The van der Waals surface area contributed by atoms with Crippen LogP contribution in [0, 0.1) is 0 Å². The first-order valence-corrected chi connectivity index (χ1v) is 11.8. The van der Waals surface area contributed by atoms with Gasteiger partial charge in [0.25, 0.3) is 5.91 Å². The van der Waals surface area contributed by atoms with Crippen LogP contribution in [0.2, 0.25) is 0 Å². The first-order valence-electron chi connectivity index (χ1n) is 11.8. The van der Waals surface area contributed by atoms with E-state index in [1.807, 2.05) is 60.3 Å². The van der Waals surface area contributed by atoms with Crippen LogP contribution in [0.15, 0.2) is 54.9 Å². The van der Waals surface area contributed by atoms with Gasteiger partial charge in [-0.25, -0.2) is 0 Å². The molecule has 2 N–H and O–H groups in total. The van der Waals surface area contributed by atoms with Crippen molar-refractivity contribution in [2.45, 2.75) is 38.9 Å². The number of rotatable bonds is 9. The molecule has 180 valence electrons. The molecular formula is C27H29N5O3. The Labute approximate surface area is 204 Å². The van der Waals surface area contributed by atoms with E-state index >= 15 is 0 Å². The number of methoxy groups -OCH3 is 2. The SMILES string of the molecule is CCn1ccc(-c2cc3c(NCc4ccc(OC)cc4)c(C(=O)NC4CC4)cnc3cc2OC)n1. The van der Waals surface area contributed by atoms with Gasteiger partial charge < -0.3 is 20.1 Å². The van der Waals surface area contributed by atoms with Gasteiger partial charge in [0.1, 0.15) is 11.5 Å². The molecule has 1 fully saturated rings. The monoisotopic (exact) mass is 471 g/mol. The average molecular weight is 472 g/mol. The second kappa shape index (κ2) is 9.66. The van der Waals surface area contributed by atoms with Crippen molar-refractivity contribution in [2.75, 3.05) is 19.5 Å². The lowest BCUT2D eigenvalue weighted by atomic mass is 10.0. The van der Waals surface area contributed by atoms with Crippen LogP contribution in [0.3, 0.4) is 0 Å². The zero-order chi connectivity index (χ0) is 24.4. The summed E-state index contributed by atoms with van der Waals surface area (Å²) in [5, 5.41) is 12.1. The van der Waals surface area contributed by atoms with Gasteiger partial charge in [0.15, 0.2) is 0 Å². The van der Waals surface area contributed by atoms with E-state index < -0.39 is 0 Å². The van der Waals surface area contributed by atoms with Gasteiger partial charge in [-0.05, 0) is 49.6 Å². The standard InChI is InChI=1S/C27H29N5O3/c1-4-32-12-11-23(31-32)20-13-21-24(14-25(20)35-3)28-16-22(27(33)30-18-7-8-18)26(21)29-15-17-5-9-19(34-2)10-6-17/h5-6,9-14,16,18H,4,7-8,15H2,1-3H3,(H,28,29)(H,30,33). The largest absolute Gasteiger partial charge is 0.497 e. The highest BCUT2D eigenvalue weighted by Gasteiger charge is 2.26. The molecule has 0 spiro atoms. The quantitative estimate of drug-likeness (QED) is 0.370. The summed E-state index contributed by atoms with van der Waals surface area (Å²) >= 11 is 0. The van der Waals surface area contributed by atoms with Crippen molar-refractivity contribution in [3.05, 3.63) is 66.0 Å². The minimum Gasteiger partial charge on any atom is -0.497 e. The molecule has 0 atom stereocenters. The van der Waals surface area contributed by atoms with Crippen LogP contribution in [0.25, 0.3) is 22.2 Å². The fraction of sp³-hybridized carbons (Fsp3) is 0.296. The number of carbonyl (C=O) groups is 1. The zero-order valence-electron chi connectivity index (χ0n) is 20.2. The van der Waals surface area contributed by atoms with Crippen LogP contribution < -0.4 is 20.1 Å². The number of nitrogens with zero attached hydrogens (tertiary/aromatic N) is 3. The van der Waals surface area contributed by atoms with E-state index in [1.54, 1.807) is 20.4 Å². The molecule has 0 saturated heterocycles. The lowest BCUT2D eigenvalue weighted by Gasteiger charge is -2.17. The zero-order valence-corrected chi connectivity index (χ0v) is 20.2. The van der Waals surface area contributed by atoms with E-state index in [-0.39, 0.29) is 11.9 Å². The molecule has 35 heavy (non-hydrogen) atoms. The van der Waals surface area contributed by atoms with E-state index in [0.717, 1.165) is 58.5 Å². The molecule has 2 heterocycles. The first kappa shape index (κ1) is 22.7. The summed E-state index contributed by atoms with van der Waals surface area (Å²) in [4.78, 5) is 17.7. The van der Waals surface area contributed by atoms with E-state index in [0.29, 0.717) is 17.9 Å². The minimum absolute atomic E-state index is 0.119. The average Bonchev–Trinajstić information content (AvgIpc) is 3.58. The topological polar surface area (TPSA) is 90.3 Å². The third-order valence-electron chi connectivity index (χ3n) is 6.22. The molecule has 0 aliphatic heterocycles. The van der Waals surface area contributed by atoms with Crippen LogP contribution in [-0.2, 0) is 13.1 Å². The van der Waals surface area contributed by atoms with Gasteiger partial charge >= 0.3 is 0 Å². The van der Waals surface area contributed by atoms with Gasteiger partial charge in [-0.15, -0.1) is 0 Å². The number of benzene rings is 2. The van der Waals surface area contributed by atoms with E-state index in [2.05, 4.69) is 20.7 Å². The van der Waals surface area contributed by atoms with Gasteiger partial charge in [0, 0.05) is 48.5 Å². The van der Waals surface area contributed by atoms with Crippen LogP contribution in [0.4, 0.5) is 5.69 Å². The molecule has 1 amide bonds. The molecule has 1 aliphatic carbocycles. The maximum absolute atomic E-state index is 13.1. The molecule has 2 aromatic carbocycles. The van der Waals surface area contributed by atoms with E-state index in [9.17, 15) is 4.79 Å². The minimum atomic E-state index is -0.119. The number of hydrogen-bond acceptors (Lipinski definition) is 6. The fourth-order valence-corrected chi connectivity index (χ4v) is 4.06. The van der Waals surface area contributed by atoms with Gasteiger partial charge in [-0.1, -0.05) is 12.1 Å². The van der Waals surface area contributed by atoms with E-state index in [1.165, 1.54) is 0 Å². The summed E-state index contributed by atoms with van der Waals surface area (Å²) in [6, 6.07) is 14.0. The number of anilines is 1. The van der Waals surface area contributed by atoms with Gasteiger partial charge in [0.2, 0.25) is 0 Å². The van der Waals surface area contributed by atoms with Crippen molar-refractivity contribution in [2.24, 2.45) is 0 Å². The highest BCUT2D eigenvalue weighted by molar-refractivity contribution is 6.08. The number of carbonyl (C=O) groups excluding carboxylic acids is 1. The van der Waals surface area contributed by atoms with Crippen LogP contribution in [0.1, 0.15) is 35.7 Å². The number of aryl methyl sites for hydroxylation is 1. The lowest BCUT2D eigenvalue weighted by molar-refractivity contribution is 0.0951. The fourth-order valence-electron chi connectivity index (χ4n) is 4.06. The Hall–Kier alpha value is -4.07. The molecule has 4 aromatic rings. The summed E-state index contributed by atoms with van der Waals surface area (Å²) in [6.45, 7) is 3.36. The molecule has 0 radical (unpaired) electrons. The predicted molar refractivity (Wildman–Crippen MR) is 136 cm³/mol. The van der Waals surface area contributed by atoms with Crippen LogP contribution >= 0.6 is 0 Å². The van der Waals surface area contributed by atoms with Crippen molar-refractivity contribution in [3.63, 3.8) is 0 Å². The molecule has 0 bridgehead atoms. The second-order valence-corrected chi connectivity index (χ2v) is 8.62. The Balaban J connectivity index is 1.59. The molecule has 8 heteroatoms. The van der Waals surface area contributed by atoms with E-state index in [4.69, 9.17) is 9.47 Å². The van der Waals surface area contributed by atoms with Gasteiger partial charge in [0.05, 0.1) is 36.7 Å². The summed E-state index contributed by atoms with van der Waals surface area (Å²) in [6.07, 6.45) is 5.62. The number of amides is 1. The van der Waals surface area contributed by atoms with Gasteiger partial charge in [-0.3, -0.25) is 14.5 Å². The molecule has 1 saturated carbocycles. The van der Waals surface area contributed by atoms with Crippen molar-refractivity contribution in [3.8, 4) is 22.8 Å². The number of pyridine rings is 1. The van der Waals surface area contributed by atoms with Crippen molar-refractivity contribution in [1.82, 2.24) is 20.1 Å². The number of hydrogen-bond donors (Lipinski definition) is 2. The highest BCUT2D eigenvalue weighted by atomic mass is 16.5. The summed E-state index contributed by atoms with van der Waals surface area (Å²) in [5.41, 5.74) is 4.72. The normalized spacial score (nSPS) is 13.0. The molecule has 1 aliphatic rings. The summed E-state index contributed by atoms with van der Waals surface area (Å²) in [7, 11) is 3.29. The number of ether oxygens (including phenoxy) is 2. The Kier molecular flexibility index (Phi) is 6.27. The lowest BCUT2D eigenvalue weighted by Crippen LogP contribution is -2.26. The Morgan fingerprint density at radius 3 is 2.57 bits per heavy atom. The molecule has 5 rings (SSSR count). The van der Waals surface area contributed by atoms with Crippen molar-refractivity contribution in [1.29, 1.82) is 0 Å². The number of aromatic nitrogens is 3. The van der Waals surface area contributed by atoms with Crippen LogP contribution in [0.5, 0.6) is 11.5 Å². The maximum atomic E-state index is 13.1. The summed E-state index contributed by atoms with van der Waals surface area (Å²) < 4.78 is 12.8. The maximum Gasteiger partial charge on any atom is 0.255 e. The highest BCUT2D eigenvalue weighted by Crippen LogP contribution is 2.37. The first-order chi connectivity index (χ1) is 17.1. The predicted octanol–water partition coefficient (Wildman–Crippen LogP) is 4.64. The van der Waals surface area contributed by atoms with Crippen LogP contribution in [-0.4, -0.2) is 40.9 Å². The Morgan fingerprint density at radius 2 is 1.91 bits per heavy atom. The molecule has 0 unspecified atom stereocenters. The molecular weight excluding hydrogens is 442 g/mol. The van der Waals surface area contributed by atoms with Crippen molar-refractivity contribution >= 4 is 22.5 Å². The molecule has 8 nitrogen and oxygen atoms in total. The number of fused-ring (bicyclic) bond motifs is 1. The Morgan fingerprint density at radius 1 is 1.11 bits per heavy atom. The summed E-state index contributed by atoms with van der Waals surface area (Å²) in [5.74, 6) is 1.37. The smallest absolute Gasteiger partial charge is 0.255 e. The second-order valence-electron chi connectivity index (χ2n) is 8.62. The third-order valence-corrected chi connectivity index (χ3v) is 6.22. The van der Waals surface area contributed by atoms with Gasteiger partial charge in [-0.2, -0.15) is 5.10 Å². The third kappa shape index (κ3) is 4.77. The Bertz CT molecular complexity index is 1360. The molecule has 2 aromatic heterocycles. The number of nitrogens with one attached hydrogen (secondary N) is 2. The van der Waals surface area contributed by atoms with Crippen molar-refractivity contribution < 1.29 is 14.3 Å².